The maximum absolute atomic E-state index is 13.1. The lowest BCUT2D eigenvalue weighted by Gasteiger charge is -2.17. The molecule has 1 saturated heterocycles. The highest BCUT2D eigenvalue weighted by molar-refractivity contribution is 8.27. The van der Waals surface area contributed by atoms with Crippen molar-refractivity contribution in [2.24, 2.45) is 0 Å². The Balaban J connectivity index is 1.54. The average Bonchev–Trinajstić information content (AvgIpc) is 3.06. The second-order valence-electron chi connectivity index (χ2n) is 7.31. The Kier molecular flexibility index (Phi) is 6.83. The molecule has 0 spiro atoms. The molecule has 3 aromatic carbocycles. The van der Waals surface area contributed by atoms with Crippen LogP contribution < -0.4 is 9.64 Å². The third-order valence-electron chi connectivity index (χ3n) is 4.97. The van der Waals surface area contributed by atoms with Crippen LogP contribution in [0.4, 0.5) is 5.69 Å². The summed E-state index contributed by atoms with van der Waals surface area (Å²) in [5.74, 6) is -0.685. The maximum atomic E-state index is 13.1. The number of anilines is 1. The third kappa shape index (κ3) is 5.27. The van der Waals surface area contributed by atoms with Gasteiger partial charge in [0, 0.05) is 5.02 Å². The number of amides is 1. The van der Waals surface area contributed by atoms with E-state index in [0.717, 1.165) is 16.7 Å². The molecule has 0 atom stereocenters. The van der Waals surface area contributed by atoms with E-state index in [1.165, 1.54) is 28.8 Å². The third-order valence-corrected chi connectivity index (χ3v) is 6.52. The van der Waals surface area contributed by atoms with Gasteiger partial charge in [-0.05, 0) is 66.1 Å². The minimum Gasteiger partial charge on any atom is -0.489 e. The van der Waals surface area contributed by atoms with E-state index < -0.39 is 5.97 Å². The van der Waals surface area contributed by atoms with Crippen molar-refractivity contribution in [3.05, 3.63) is 98.9 Å². The fraction of sp³-hybridized carbons (Fsp3) is 0.0800. The highest BCUT2D eigenvalue weighted by atomic mass is 35.5. The van der Waals surface area contributed by atoms with E-state index in [1.807, 2.05) is 55.5 Å². The molecule has 1 heterocycles. The first kappa shape index (κ1) is 23.0. The number of carboxylic acid groups (broad SMARTS) is 1. The molecule has 1 fully saturated rings. The Morgan fingerprint density at radius 2 is 1.91 bits per heavy atom. The van der Waals surface area contributed by atoms with Crippen molar-refractivity contribution in [2.45, 2.75) is 13.5 Å². The summed E-state index contributed by atoms with van der Waals surface area (Å²) in [6.07, 6.45) is 1.75. The van der Waals surface area contributed by atoms with Gasteiger partial charge in [0.15, 0.2) is 4.32 Å². The number of carbonyl (C=O) groups is 2. The first-order chi connectivity index (χ1) is 15.8. The first-order valence-electron chi connectivity index (χ1n) is 9.91. The van der Waals surface area contributed by atoms with Gasteiger partial charge >= 0.3 is 5.97 Å². The zero-order valence-electron chi connectivity index (χ0n) is 17.4. The van der Waals surface area contributed by atoms with Gasteiger partial charge in [-0.1, -0.05) is 65.9 Å². The minimum atomic E-state index is -1.06. The SMILES string of the molecule is Cc1ccc(C(=O)O)cc1N1C(=O)/C(=C/c2cccc(OCc3ccc(Cl)cc3)c2)SC1=S. The Morgan fingerprint density at radius 3 is 2.64 bits per heavy atom. The van der Waals surface area contributed by atoms with E-state index in [9.17, 15) is 14.7 Å². The van der Waals surface area contributed by atoms with Crippen molar-refractivity contribution >= 4 is 63.5 Å². The van der Waals surface area contributed by atoms with Crippen LogP contribution in [0.15, 0.2) is 71.6 Å². The molecule has 5 nitrogen and oxygen atoms in total. The van der Waals surface area contributed by atoms with E-state index in [2.05, 4.69) is 0 Å². The summed E-state index contributed by atoms with van der Waals surface area (Å²) in [7, 11) is 0. The van der Waals surface area contributed by atoms with Crippen LogP contribution in [0.25, 0.3) is 6.08 Å². The summed E-state index contributed by atoms with van der Waals surface area (Å²) in [4.78, 5) is 26.3. The monoisotopic (exact) mass is 495 g/mol. The van der Waals surface area contributed by atoms with Crippen molar-refractivity contribution < 1.29 is 19.4 Å². The van der Waals surface area contributed by atoms with Crippen LogP contribution in [0.1, 0.15) is 27.0 Å². The zero-order valence-corrected chi connectivity index (χ0v) is 19.8. The molecule has 1 aliphatic heterocycles. The van der Waals surface area contributed by atoms with Crippen LogP contribution in [0, 0.1) is 6.92 Å². The molecule has 1 aliphatic rings. The number of carboxylic acids is 1. The van der Waals surface area contributed by atoms with E-state index in [0.29, 0.717) is 32.3 Å². The number of thiocarbonyl (C=S) groups is 1. The molecule has 1 N–H and O–H groups in total. The lowest BCUT2D eigenvalue weighted by Crippen LogP contribution is -2.28. The maximum Gasteiger partial charge on any atom is 0.335 e. The summed E-state index contributed by atoms with van der Waals surface area (Å²) in [5.41, 5.74) is 3.11. The highest BCUT2D eigenvalue weighted by Gasteiger charge is 2.34. The summed E-state index contributed by atoms with van der Waals surface area (Å²) in [6, 6.07) is 19.5. The quantitative estimate of drug-likeness (QED) is 0.318. The van der Waals surface area contributed by atoms with Crippen LogP contribution in [-0.4, -0.2) is 21.3 Å². The number of hydrogen-bond donors (Lipinski definition) is 1. The molecule has 0 unspecified atom stereocenters. The van der Waals surface area contributed by atoms with Crippen LogP contribution in [0.2, 0.25) is 5.02 Å². The van der Waals surface area contributed by atoms with Gasteiger partial charge in [-0.3, -0.25) is 9.69 Å². The van der Waals surface area contributed by atoms with Gasteiger partial charge < -0.3 is 9.84 Å². The Hall–Kier alpha value is -3.13. The number of aryl methyl sites for hydroxylation is 1. The zero-order chi connectivity index (χ0) is 23.5. The summed E-state index contributed by atoms with van der Waals surface area (Å²) >= 11 is 12.5. The van der Waals surface area contributed by atoms with E-state index >= 15 is 0 Å². The molecular formula is C25H18ClNO4S2. The Morgan fingerprint density at radius 1 is 1.15 bits per heavy atom. The molecular weight excluding hydrogens is 478 g/mol. The molecule has 3 aromatic rings. The number of benzene rings is 3. The van der Waals surface area contributed by atoms with Gasteiger partial charge in [-0.2, -0.15) is 0 Å². The lowest BCUT2D eigenvalue weighted by atomic mass is 10.1. The van der Waals surface area contributed by atoms with E-state index in [4.69, 9.17) is 28.6 Å². The average molecular weight is 496 g/mol. The van der Waals surface area contributed by atoms with Crippen molar-refractivity contribution in [1.82, 2.24) is 0 Å². The number of hydrogen-bond acceptors (Lipinski definition) is 5. The molecule has 166 valence electrons. The second kappa shape index (κ2) is 9.79. The predicted molar refractivity (Wildman–Crippen MR) is 136 cm³/mol. The van der Waals surface area contributed by atoms with Crippen molar-refractivity contribution in [2.75, 3.05) is 4.90 Å². The molecule has 0 bridgehead atoms. The van der Waals surface area contributed by atoms with Crippen LogP contribution in [-0.2, 0) is 11.4 Å². The van der Waals surface area contributed by atoms with Crippen molar-refractivity contribution in [3.8, 4) is 5.75 Å². The van der Waals surface area contributed by atoms with Crippen LogP contribution in [0.5, 0.6) is 5.75 Å². The second-order valence-corrected chi connectivity index (χ2v) is 9.42. The number of carbonyl (C=O) groups excluding carboxylic acids is 1. The number of halogens is 1. The van der Waals surface area contributed by atoms with Crippen LogP contribution in [0.3, 0.4) is 0 Å². The standard InChI is InChI=1S/C25H18ClNO4S2/c1-15-5-8-18(24(29)30)13-21(15)27-23(28)22(33-25(27)32)12-17-3-2-4-20(11-17)31-14-16-6-9-19(26)10-7-16/h2-13H,14H2,1H3,(H,29,30)/b22-12-. The normalized spacial score (nSPS) is 14.7. The topological polar surface area (TPSA) is 66.8 Å². The first-order valence-corrected chi connectivity index (χ1v) is 11.5. The number of aromatic carboxylic acids is 1. The summed E-state index contributed by atoms with van der Waals surface area (Å²) in [5, 5.41) is 9.97. The Labute approximate surface area is 205 Å². The summed E-state index contributed by atoms with van der Waals surface area (Å²) in [6.45, 7) is 2.20. The molecule has 0 aliphatic carbocycles. The fourth-order valence-electron chi connectivity index (χ4n) is 3.25. The molecule has 1 amide bonds. The molecule has 33 heavy (non-hydrogen) atoms. The number of rotatable bonds is 6. The highest BCUT2D eigenvalue weighted by Crippen LogP contribution is 2.38. The summed E-state index contributed by atoms with van der Waals surface area (Å²) < 4.78 is 6.22. The lowest BCUT2D eigenvalue weighted by molar-refractivity contribution is -0.113. The van der Waals surface area contributed by atoms with Gasteiger partial charge in [0.05, 0.1) is 16.2 Å². The number of thioether (sulfide) groups is 1. The minimum absolute atomic E-state index is 0.0965. The Bertz CT molecular complexity index is 1290. The van der Waals surface area contributed by atoms with Gasteiger partial charge in [0.1, 0.15) is 12.4 Å². The van der Waals surface area contributed by atoms with Gasteiger partial charge in [0.25, 0.3) is 5.91 Å². The van der Waals surface area contributed by atoms with Crippen molar-refractivity contribution in [1.29, 1.82) is 0 Å². The largest absolute Gasteiger partial charge is 0.489 e. The fourth-order valence-corrected chi connectivity index (χ4v) is 4.66. The van der Waals surface area contributed by atoms with Crippen LogP contribution >= 0.6 is 35.6 Å². The van der Waals surface area contributed by atoms with Gasteiger partial charge in [-0.15, -0.1) is 0 Å². The smallest absolute Gasteiger partial charge is 0.335 e. The number of ether oxygens (including phenoxy) is 1. The van der Waals surface area contributed by atoms with Crippen molar-refractivity contribution in [3.63, 3.8) is 0 Å². The molecule has 0 saturated carbocycles. The number of nitrogens with zero attached hydrogens (tertiary/aromatic N) is 1. The molecule has 0 radical (unpaired) electrons. The van der Waals surface area contributed by atoms with E-state index in [-0.39, 0.29) is 11.5 Å². The molecule has 4 rings (SSSR count). The van der Waals surface area contributed by atoms with Gasteiger partial charge in [-0.25, -0.2) is 4.79 Å². The van der Waals surface area contributed by atoms with Gasteiger partial charge in [0.2, 0.25) is 0 Å². The van der Waals surface area contributed by atoms with E-state index in [1.54, 1.807) is 12.1 Å². The molecule has 0 aromatic heterocycles. The molecule has 8 heteroatoms. The predicted octanol–water partition coefficient (Wildman–Crippen LogP) is 6.33.